The van der Waals surface area contributed by atoms with Gasteiger partial charge in [0, 0.05) is 29.8 Å². The molecule has 0 aromatic carbocycles. The smallest absolute Gasteiger partial charge is 0.0387 e. The maximum Gasteiger partial charge on any atom is 0.0387 e. The highest BCUT2D eigenvalue weighted by Crippen LogP contribution is 2.15. The summed E-state index contributed by atoms with van der Waals surface area (Å²) in [5, 5.41) is 0. The predicted octanol–water partition coefficient (Wildman–Crippen LogP) is 3.03. The van der Waals surface area contributed by atoms with Crippen LogP contribution < -0.4 is 0 Å². The van der Waals surface area contributed by atoms with Gasteiger partial charge in [0.2, 0.25) is 0 Å². The Morgan fingerprint density at radius 1 is 1.31 bits per heavy atom. The lowest BCUT2D eigenvalue weighted by Crippen LogP contribution is -2.04. The average Bonchev–Trinajstić information content (AvgIpc) is 2.48. The zero-order chi connectivity index (χ0) is 9.84. The van der Waals surface area contributed by atoms with E-state index in [0.717, 1.165) is 12.0 Å². The van der Waals surface area contributed by atoms with Crippen molar-refractivity contribution in [2.24, 2.45) is 16.8 Å². The Morgan fingerprint density at radius 3 is 2.46 bits per heavy atom. The van der Waals surface area contributed by atoms with Crippen LogP contribution in [0.3, 0.4) is 0 Å². The SMILES string of the molecule is CC(C)C#CC1=CN=C(C(C)C)C1. The van der Waals surface area contributed by atoms with Crippen LogP contribution in [0, 0.1) is 23.7 Å². The number of aliphatic imine (C=N–C) groups is 1. The van der Waals surface area contributed by atoms with E-state index < -0.39 is 0 Å². The molecule has 0 saturated heterocycles. The van der Waals surface area contributed by atoms with Crippen LogP contribution in [0.2, 0.25) is 0 Å². The fourth-order valence-corrected chi connectivity index (χ4v) is 1.11. The molecular weight excluding hydrogens is 158 g/mol. The van der Waals surface area contributed by atoms with Crippen molar-refractivity contribution >= 4 is 5.71 Å². The Hall–Kier alpha value is -1.03. The summed E-state index contributed by atoms with van der Waals surface area (Å²) in [5.41, 5.74) is 2.42. The van der Waals surface area contributed by atoms with Gasteiger partial charge in [0.25, 0.3) is 0 Å². The van der Waals surface area contributed by atoms with Crippen LogP contribution in [-0.4, -0.2) is 5.71 Å². The minimum absolute atomic E-state index is 0.448. The van der Waals surface area contributed by atoms with Crippen LogP contribution in [0.15, 0.2) is 16.8 Å². The number of allylic oxidation sites excluding steroid dienone is 1. The monoisotopic (exact) mass is 175 g/mol. The molecule has 0 spiro atoms. The van der Waals surface area contributed by atoms with Crippen molar-refractivity contribution in [3.8, 4) is 11.8 Å². The van der Waals surface area contributed by atoms with Gasteiger partial charge in [0.15, 0.2) is 0 Å². The van der Waals surface area contributed by atoms with Gasteiger partial charge in [-0.25, -0.2) is 0 Å². The molecule has 0 saturated carbocycles. The summed E-state index contributed by atoms with van der Waals surface area (Å²) in [5.74, 6) is 7.32. The average molecular weight is 175 g/mol. The molecule has 1 rings (SSSR count). The van der Waals surface area contributed by atoms with E-state index in [2.05, 4.69) is 44.5 Å². The second-order valence-corrected chi connectivity index (χ2v) is 4.03. The molecule has 1 aliphatic rings. The zero-order valence-electron chi connectivity index (χ0n) is 8.89. The van der Waals surface area contributed by atoms with E-state index >= 15 is 0 Å². The molecule has 1 heterocycles. The summed E-state index contributed by atoms with van der Waals surface area (Å²) in [7, 11) is 0. The Bertz CT molecular complexity index is 295. The zero-order valence-corrected chi connectivity index (χ0v) is 8.89. The second-order valence-electron chi connectivity index (χ2n) is 4.03. The Balaban J connectivity index is 2.52. The highest BCUT2D eigenvalue weighted by atomic mass is 14.7. The van der Waals surface area contributed by atoms with E-state index in [1.807, 2.05) is 6.20 Å². The van der Waals surface area contributed by atoms with Crippen LogP contribution in [0.5, 0.6) is 0 Å². The third kappa shape index (κ3) is 3.06. The van der Waals surface area contributed by atoms with Gasteiger partial charge >= 0.3 is 0 Å². The van der Waals surface area contributed by atoms with E-state index in [1.54, 1.807) is 0 Å². The normalized spacial score (nSPS) is 15.5. The van der Waals surface area contributed by atoms with Crippen molar-refractivity contribution in [2.45, 2.75) is 34.1 Å². The van der Waals surface area contributed by atoms with Crippen molar-refractivity contribution < 1.29 is 0 Å². The third-order valence-corrected chi connectivity index (χ3v) is 1.95. The molecule has 70 valence electrons. The minimum atomic E-state index is 0.448. The van der Waals surface area contributed by atoms with Gasteiger partial charge in [-0.05, 0) is 5.92 Å². The van der Waals surface area contributed by atoms with Crippen LogP contribution >= 0.6 is 0 Å². The first-order valence-electron chi connectivity index (χ1n) is 4.86. The maximum atomic E-state index is 4.35. The molecule has 0 amide bonds. The van der Waals surface area contributed by atoms with Crippen molar-refractivity contribution in [2.75, 3.05) is 0 Å². The Morgan fingerprint density at radius 2 is 2.00 bits per heavy atom. The molecule has 0 atom stereocenters. The van der Waals surface area contributed by atoms with Gasteiger partial charge in [-0.2, -0.15) is 0 Å². The number of rotatable bonds is 1. The van der Waals surface area contributed by atoms with Gasteiger partial charge in [-0.3, -0.25) is 4.99 Å². The molecule has 0 aromatic rings. The summed E-state index contributed by atoms with van der Waals surface area (Å²) in [4.78, 5) is 4.35. The molecule has 0 unspecified atom stereocenters. The topological polar surface area (TPSA) is 12.4 Å². The molecule has 0 N–H and O–H groups in total. The van der Waals surface area contributed by atoms with E-state index in [1.165, 1.54) is 5.71 Å². The minimum Gasteiger partial charge on any atom is -0.264 e. The highest BCUT2D eigenvalue weighted by Gasteiger charge is 2.11. The molecule has 13 heavy (non-hydrogen) atoms. The Labute approximate surface area is 81.0 Å². The van der Waals surface area contributed by atoms with Gasteiger partial charge < -0.3 is 0 Å². The van der Waals surface area contributed by atoms with Gasteiger partial charge in [0.1, 0.15) is 0 Å². The molecule has 0 aliphatic carbocycles. The van der Waals surface area contributed by atoms with Crippen molar-refractivity contribution in [1.29, 1.82) is 0 Å². The largest absolute Gasteiger partial charge is 0.264 e. The van der Waals surface area contributed by atoms with Crippen LogP contribution in [0.1, 0.15) is 34.1 Å². The molecular formula is C12H17N. The summed E-state index contributed by atoms with van der Waals surface area (Å²) in [6.45, 7) is 8.55. The Kier molecular flexibility index (Phi) is 3.31. The number of nitrogens with zero attached hydrogens (tertiary/aromatic N) is 1. The standard InChI is InChI=1S/C12H17N/c1-9(2)5-6-11-7-12(10(3)4)13-8-11/h8-10H,7H2,1-4H3. The predicted molar refractivity (Wildman–Crippen MR) is 57.6 cm³/mol. The van der Waals surface area contributed by atoms with Crippen molar-refractivity contribution in [3.05, 3.63) is 11.8 Å². The van der Waals surface area contributed by atoms with Gasteiger partial charge in [-0.15, -0.1) is 0 Å². The second kappa shape index (κ2) is 4.28. The van der Waals surface area contributed by atoms with E-state index in [9.17, 15) is 0 Å². The first-order valence-corrected chi connectivity index (χ1v) is 4.86. The van der Waals surface area contributed by atoms with E-state index in [-0.39, 0.29) is 0 Å². The van der Waals surface area contributed by atoms with Crippen molar-refractivity contribution in [1.82, 2.24) is 0 Å². The van der Waals surface area contributed by atoms with Gasteiger partial charge in [0.05, 0.1) is 0 Å². The summed E-state index contributed by atoms with van der Waals surface area (Å²) < 4.78 is 0. The molecule has 1 aliphatic heterocycles. The van der Waals surface area contributed by atoms with Crippen LogP contribution in [0.25, 0.3) is 0 Å². The fourth-order valence-electron chi connectivity index (χ4n) is 1.11. The lowest BCUT2D eigenvalue weighted by molar-refractivity contribution is 0.864. The van der Waals surface area contributed by atoms with E-state index in [4.69, 9.17) is 0 Å². The lowest BCUT2D eigenvalue weighted by atomic mass is 10.0. The first-order chi connectivity index (χ1) is 6.09. The molecule has 0 aromatic heterocycles. The van der Waals surface area contributed by atoms with Crippen LogP contribution in [-0.2, 0) is 0 Å². The molecule has 0 fully saturated rings. The molecule has 1 nitrogen and oxygen atoms in total. The molecule has 0 radical (unpaired) electrons. The number of hydrogen-bond acceptors (Lipinski definition) is 1. The first kappa shape index (κ1) is 10.1. The van der Waals surface area contributed by atoms with E-state index in [0.29, 0.717) is 11.8 Å². The quantitative estimate of drug-likeness (QED) is 0.543. The van der Waals surface area contributed by atoms with Gasteiger partial charge in [-0.1, -0.05) is 39.5 Å². The maximum absolute atomic E-state index is 4.35. The van der Waals surface area contributed by atoms with Crippen molar-refractivity contribution in [3.63, 3.8) is 0 Å². The summed E-state index contributed by atoms with van der Waals surface area (Å²) >= 11 is 0. The molecule has 1 heteroatoms. The van der Waals surface area contributed by atoms with Crippen LogP contribution in [0.4, 0.5) is 0 Å². The number of hydrogen-bond donors (Lipinski definition) is 0. The summed E-state index contributed by atoms with van der Waals surface area (Å²) in [6.07, 6.45) is 2.86. The third-order valence-electron chi connectivity index (χ3n) is 1.95. The fraction of sp³-hybridized carbons (Fsp3) is 0.583. The summed E-state index contributed by atoms with van der Waals surface area (Å²) in [6, 6.07) is 0. The lowest BCUT2D eigenvalue weighted by Gasteiger charge is -2.02. The highest BCUT2D eigenvalue weighted by molar-refractivity contribution is 5.91. The molecule has 0 bridgehead atoms.